The lowest BCUT2D eigenvalue weighted by atomic mass is 10.1. The number of ketones is 1. The third-order valence-corrected chi connectivity index (χ3v) is 8.09. The summed E-state index contributed by atoms with van der Waals surface area (Å²) in [7, 11) is 0. The highest BCUT2D eigenvalue weighted by Gasteiger charge is 2.38. The van der Waals surface area contributed by atoms with E-state index in [0.717, 1.165) is 5.57 Å². The summed E-state index contributed by atoms with van der Waals surface area (Å²) >= 11 is 0. The van der Waals surface area contributed by atoms with Crippen LogP contribution in [0.1, 0.15) is 93.4 Å². The second-order valence-electron chi connectivity index (χ2n) is 14.3. The first-order chi connectivity index (χ1) is 23.0. The highest BCUT2D eigenvalue weighted by atomic mass is 16.6. The molecule has 2 atom stereocenters. The molecule has 2 aliphatic heterocycles. The van der Waals surface area contributed by atoms with Crippen LogP contribution in [0.4, 0.5) is 15.3 Å². The van der Waals surface area contributed by atoms with Crippen molar-refractivity contribution in [2.24, 2.45) is 0 Å². The standard InChI is InChI=1S/C36H44N6O7/c1-21-16-18-42(34(47)49-36(5,6)7)29(21)30-39-25-15-12-23(19-26(25)40-30)28(43)20-37-31(44)22-10-13-24(14-11-22)38-32(45)27-9-8-17-41(27)33(46)48-35(2,3)4/h10-15,19,27,29H,1,8-9,16-18,20H2,2-7H3,(H,37,44)(H,38,45)(H,39,40)/t27-,29-/m0/s1. The average molecular weight is 673 g/mol. The number of likely N-dealkylation sites (tertiary alicyclic amines) is 2. The van der Waals surface area contributed by atoms with Gasteiger partial charge >= 0.3 is 12.2 Å². The van der Waals surface area contributed by atoms with E-state index in [1.807, 2.05) is 20.8 Å². The smallest absolute Gasteiger partial charge is 0.411 e. The zero-order chi connectivity index (χ0) is 35.7. The fourth-order valence-corrected chi connectivity index (χ4v) is 5.81. The molecule has 3 heterocycles. The summed E-state index contributed by atoms with van der Waals surface area (Å²) in [5.74, 6) is -0.558. The number of ether oxygens (including phenoxy) is 2. The second kappa shape index (κ2) is 13.7. The highest BCUT2D eigenvalue weighted by molar-refractivity contribution is 6.04. The Balaban J connectivity index is 1.17. The van der Waals surface area contributed by atoms with Crippen LogP contribution >= 0.6 is 0 Å². The van der Waals surface area contributed by atoms with E-state index in [9.17, 15) is 24.0 Å². The molecule has 3 aromatic rings. The predicted molar refractivity (Wildman–Crippen MR) is 183 cm³/mol. The van der Waals surface area contributed by atoms with Crippen molar-refractivity contribution in [2.75, 3.05) is 25.0 Å². The Labute approximate surface area is 285 Å². The molecule has 2 aromatic carbocycles. The van der Waals surface area contributed by atoms with E-state index >= 15 is 0 Å². The lowest BCUT2D eigenvalue weighted by Gasteiger charge is -2.28. The Morgan fingerprint density at radius 1 is 0.898 bits per heavy atom. The number of imidazole rings is 1. The molecule has 2 aliphatic rings. The number of carbonyl (C=O) groups excluding carboxylic acids is 5. The van der Waals surface area contributed by atoms with Crippen molar-refractivity contribution >= 4 is 46.5 Å². The van der Waals surface area contributed by atoms with Gasteiger partial charge in [-0.2, -0.15) is 0 Å². The number of nitrogens with zero attached hydrogens (tertiary/aromatic N) is 3. The van der Waals surface area contributed by atoms with Crippen LogP contribution in [0.15, 0.2) is 54.6 Å². The number of aromatic nitrogens is 2. The number of aromatic amines is 1. The summed E-state index contributed by atoms with van der Waals surface area (Å²) in [5, 5.41) is 5.46. The SMILES string of the molecule is C=C1CCN(C(=O)OC(C)(C)C)[C@@H]1c1nc2ccc(C(=O)CNC(=O)c3ccc(NC(=O)[C@@H]4CCCN4C(=O)OC(C)(C)C)cc3)cc2[nH]1. The van der Waals surface area contributed by atoms with Gasteiger partial charge in [0.15, 0.2) is 5.78 Å². The number of carbonyl (C=O) groups is 5. The number of anilines is 1. The van der Waals surface area contributed by atoms with E-state index < -0.39 is 41.4 Å². The largest absolute Gasteiger partial charge is 0.444 e. The van der Waals surface area contributed by atoms with Crippen LogP contribution in [-0.4, -0.2) is 86.4 Å². The minimum Gasteiger partial charge on any atom is -0.444 e. The van der Waals surface area contributed by atoms with E-state index in [2.05, 4.69) is 27.2 Å². The quantitative estimate of drug-likeness (QED) is 0.211. The van der Waals surface area contributed by atoms with Crippen molar-refractivity contribution < 1.29 is 33.4 Å². The molecule has 0 radical (unpaired) electrons. The summed E-state index contributed by atoms with van der Waals surface area (Å²) < 4.78 is 11.0. The van der Waals surface area contributed by atoms with Crippen molar-refractivity contribution in [1.82, 2.24) is 25.1 Å². The van der Waals surface area contributed by atoms with Crippen LogP contribution in [0.3, 0.4) is 0 Å². The number of nitrogens with one attached hydrogen (secondary N) is 3. The maximum absolute atomic E-state index is 13.0. The fourth-order valence-electron chi connectivity index (χ4n) is 5.81. The minimum absolute atomic E-state index is 0.238. The number of fused-ring (bicyclic) bond motifs is 1. The monoisotopic (exact) mass is 672 g/mol. The molecule has 0 aliphatic carbocycles. The van der Waals surface area contributed by atoms with E-state index in [1.165, 1.54) is 4.90 Å². The van der Waals surface area contributed by atoms with Gasteiger partial charge in [-0.15, -0.1) is 0 Å². The number of amides is 4. The zero-order valence-electron chi connectivity index (χ0n) is 28.8. The summed E-state index contributed by atoms with van der Waals surface area (Å²) in [4.78, 5) is 75.2. The van der Waals surface area contributed by atoms with Gasteiger partial charge in [-0.3, -0.25) is 24.2 Å². The first-order valence-electron chi connectivity index (χ1n) is 16.4. The first kappa shape index (κ1) is 35.1. The molecule has 1 aromatic heterocycles. The van der Waals surface area contributed by atoms with Crippen molar-refractivity contribution in [3.05, 3.63) is 71.6 Å². The molecule has 13 heteroatoms. The van der Waals surface area contributed by atoms with Crippen LogP contribution < -0.4 is 10.6 Å². The van der Waals surface area contributed by atoms with Gasteiger partial charge in [0.2, 0.25) is 5.91 Å². The molecule has 0 spiro atoms. The van der Waals surface area contributed by atoms with Gasteiger partial charge < -0.3 is 25.1 Å². The third-order valence-electron chi connectivity index (χ3n) is 8.09. The number of rotatable bonds is 7. The highest BCUT2D eigenvalue weighted by Crippen LogP contribution is 2.36. The number of hydrogen-bond donors (Lipinski definition) is 3. The Kier molecular flexibility index (Phi) is 9.84. The summed E-state index contributed by atoms with van der Waals surface area (Å²) in [6.07, 6.45) is 0.867. The predicted octanol–water partition coefficient (Wildman–Crippen LogP) is 5.75. The Bertz CT molecular complexity index is 1780. The van der Waals surface area contributed by atoms with Crippen molar-refractivity contribution in [2.45, 2.75) is 84.1 Å². The van der Waals surface area contributed by atoms with E-state index in [4.69, 9.17) is 9.47 Å². The minimum atomic E-state index is -0.668. The van der Waals surface area contributed by atoms with Crippen molar-refractivity contribution in [3.63, 3.8) is 0 Å². The van der Waals surface area contributed by atoms with Crippen LogP contribution in [-0.2, 0) is 14.3 Å². The molecule has 5 rings (SSSR count). The van der Waals surface area contributed by atoms with Gasteiger partial charge in [0.25, 0.3) is 5.91 Å². The molecule has 49 heavy (non-hydrogen) atoms. The molecule has 13 nitrogen and oxygen atoms in total. The van der Waals surface area contributed by atoms with Crippen molar-refractivity contribution in [3.8, 4) is 0 Å². The topological polar surface area (TPSA) is 163 Å². The lowest BCUT2D eigenvalue weighted by molar-refractivity contribution is -0.120. The third kappa shape index (κ3) is 8.45. The lowest BCUT2D eigenvalue weighted by Crippen LogP contribution is -2.45. The molecular formula is C36H44N6O7. The van der Waals surface area contributed by atoms with Gasteiger partial charge in [-0.05, 0) is 109 Å². The number of H-pyrrole nitrogens is 1. The molecular weight excluding hydrogens is 628 g/mol. The first-order valence-corrected chi connectivity index (χ1v) is 16.4. The van der Waals surface area contributed by atoms with Crippen LogP contribution in [0.2, 0.25) is 0 Å². The number of benzene rings is 2. The second-order valence-corrected chi connectivity index (χ2v) is 14.3. The summed E-state index contributed by atoms with van der Waals surface area (Å²) in [6.45, 7) is 15.6. The maximum Gasteiger partial charge on any atom is 0.411 e. The average Bonchev–Trinajstić information content (AvgIpc) is 3.76. The van der Waals surface area contributed by atoms with Gasteiger partial charge in [0, 0.05) is 29.9 Å². The normalized spacial score (nSPS) is 18.0. The molecule has 260 valence electrons. The van der Waals surface area contributed by atoms with E-state index in [-0.39, 0.29) is 18.2 Å². The van der Waals surface area contributed by atoms with Gasteiger partial charge in [0.1, 0.15) is 29.1 Å². The molecule has 2 saturated heterocycles. The Morgan fingerprint density at radius 3 is 2.18 bits per heavy atom. The molecule has 4 amide bonds. The van der Waals surface area contributed by atoms with E-state index in [0.29, 0.717) is 66.0 Å². The van der Waals surface area contributed by atoms with Gasteiger partial charge in [0.05, 0.1) is 17.6 Å². The zero-order valence-corrected chi connectivity index (χ0v) is 28.8. The molecule has 3 N–H and O–H groups in total. The molecule has 0 unspecified atom stereocenters. The van der Waals surface area contributed by atoms with Crippen LogP contribution in [0.5, 0.6) is 0 Å². The number of Topliss-reactive ketones (excluding diaryl/α,β-unsaturated/α-hetero) is 1. The van der Waals surface area contributed by atoms with Gasteiger partial charge in [-0.25, -0.2) is 14.6 Å². The fraction of sp³-hybridized carbons (Fsp3) is 0.444. The number of hydrogen-bond acceptors (Lipinski definition) is 8. The van der Waals surface area contributed by atoms with Crippen molar-refractivity contribution in [1.29, 1.82) is 0 Å². The van der Waals surface area contributed by atoms with Crippen LogP contribution in [0.25, 0.3) is 11.0 Å². The summed E-state index contributed by atoms with van der Waals surface area (Å²) in [5.41, 5.74) is 1.91. The van der Waals surface area contributed by atoms with E-state index in [1.54, 1.807) is 68.1 Å². The van der Waals surface area contributed by atoms with Gasteiger partial charge in [-0.1, -0.05) is 6.58 Å². The maximum atomic E-state index is 13.0. The Morgan fingerprint density at radius 2 is 1.53 bits per heavy atom. The molecule has 0 bridgehead atoms. The molecule has 2 fully saturated rings. The Hall–Kier alpha value is -5.20. The molecule has 0 saturated carbocycles. The summed E-state index contributed by atoms with van der Waals surface area (Å²) in [6, 6.07) is 10.2. The van der Waals surface area contributed by atoms with Crippen LogP contribution in [0, 0.1) is 0 Å².